The van der Waals surface area contributed by atoms with Crippen molar-refractivity contribution < 1.29 is 22.7 Å². The van der Waals surface area contributed by atoms with E-state index in [-0.39, 0.29) is 6.03 Å². The normalized spacial score (nSPS) is 16.3. The third-order valence-electron chi connectivity index (χ3n) is 3.71. The number of thiazole rings is 1. The van der Waals surface area contributed by atoms with Gasteiger partial charge in [-0.1, -0.05) is 0 Å². The fourth-order valence-electron chi connectivity index (χ4n) is 2.44. The number of carbonyl (C=O) groups excluding carboxylic acids is 1. The molecule has 0 radical (unpaired) electrons. The Kier molecular flexibility index (Phi) is 4.96. The summed E-state index contributed by atoms with van der Waals surface area (Å²) in [5.41, 5.74) is -0.197. The number of urea groups is 1. The quantitative estimate of drug-likeness (QED) is 0.773. The second kappa shape index (κ2) is 7.01. The van der Waals surface area contributed by atoms with E-state index in [1.807, 2.05) is 6.92 Å². The lowest BCUT2D eigenvalue weighted by Crippen LogP contribution is -2.40. The van der Waals surface area contributed by atoms with Gasteiger partial charge in [-0.25, -0.2) is 4.79 Å². The second-order valence-electron chi connectivity index (χ2n) is 5.53. The second-order valence-corrected chi connectivity index (χ2v) is 6.75. The molecule has 134 valence electrons. The van der Waals surface area contributed by atoms with Gasteiger partial charge in [-0.2, -0.15) is 18.2 Å². The van der Waals surface area contributed by atoms with Crippen LogP contribution in [0.15, 0.2) is 35.5 Å². The Labute approximate surface area is 146 Å². The van der Waals surface area contributed by atoms with Crippen LogP contribution in [-0.2, 0) is 10.9 Å². The number of aryl methyl sites for hydroxylation is 1. The fourth-order valence-corrected chi connectivity index (χ4v) is 3.26. The number of morpholine rings is 1. The summed E-state index contributed by atoms with van der Waals surface area (Å²) in [7, 11) is 0. The molecule has 0 spiro atoms. The van der Waals surface area contributed by atoms with Crippen LogP contribution in [0.5, 0.6) is 0 Å². The number of halogens is 3. The van der Waals surface area contributed by atoms with Gasteiger partial charge in [0.1, 0.15) is 0 Å². The Morgan fingerprint density at radius 1 is 1.20 bits per heavy atom. The molecule has 0 saturated carbocycles. The highest BCUT2D eigenvalue weighted by atomic mass is 32.1. The van der Waals surface area contributed by atoms with Crippen LogP contribution in [0.25, 0.3) is 5.69 Å². The molecule has 1 aromatic carbocycles. The van der Waals surface area contributed by atoms with Gasteiger partial charge in [0, 0.05) is 29.9 Å². The van der Waals surface area contributed by atoms with Crippen molar-refractivity contribution in [1.29, 1.82) is 0 Å². The first-order valence-electron chi connectivity index (χ1n) is 7.63. The highest BCUT2D eigenvalue weighted by Gasteiger charge is 2.30. The standard InChI is InChI=1S/C16H16F3N3O2S/c1-11-10-22(13-4-2-12(3-5-13)16(17,18)19)15(25-11)20-14(23)21-6-8-24-9-7-21/h2-5,10H,6-9H2,1H3. The summed E-state index contributed by atoms with van der Waals surface area (Å²) >= 11 is 1.31. The van der Waals surface area contributed by atoms with Crippen LogP contribution in [0.4, 0.5) is 18.0 Å². The van der Waals surface area contributed by atoms with Gasteiger partial charge < -0.3 is 9.64 Å². The number of rotatable bonds is 1. The van der Waals surface area contributed by atoms with Crippen molar-refractivity contribution in [2.45, 2.75) is 13.1 Å². The van der Waals surface area contributed by atoms with Crippen LogP contribution in [0.1, 0.15) is 10.4 Å². The fraction of sp³-hybridized carbons (Fsp3) is 0.375. The molecule has 2 amide bonds. The predicted molar refractivity (Wildman–Crippen MR) is 86.7 cm³/mol. The number of alkyl halides is 3. The van der Waals surface area contributed by atoms with Crippen LogP contribution in [0.2, 0.25) is 0 Å². The van der Waals surface area contributed by atoms with Gasteiger partial charge in [-0.3, -0.25) is 4.57 Å². The van der Waals surface area contributed by atoms with E-state index >= 15 is 0 Å². The van der Waals surface area contributed by atoms with E-state index in [4.69, 9.17) is 4.74 Å². The highest BCUT2D eigenvalue weighted by Crippen LogP contribution is 2.29. The smallest absolute Gasteiger partial charge is 0.378 e. The molecule has 0 N–H and O–H groups in total. The molecule has 0 unspecified atom stereocenters. The molecule has 2 heterocycles. The van der Waals surface area contributed by atoms with Gasteiger partial charge in [0.25, 0.3) is 0 Å². The van der Waals surface area contributed by atoms with E-state index in [1.165, 1.54) is 23.5 Å². The van der Waals surface area contributed by atoms with Crippen molar-refractivity contribution in [3.05, 3.63) is 45.7 Å². The van der Waals surface area contributed by atoms with Gasteiger partial charge in [0.2, 0.25) is 0 Å². The number of hydrogen-bond donors (Lipinski definition) is 0. The van der Waals surface area contributed by atoms with Gasteiger partial charge in [0.05, 0.1) is 18.8 Å². The lowest BCUT2D eigenvalue weighted by Gasteiger charge is -2.24. The summed E-state index contributed by atoms with van der Waals surface area (Å²) in [5.74, 6) is 0. The maximum absolute atomic E-state index is 12.7. The summed E-state index contributed by atoms with van der Waals surface area (Å²) in [4.78, 5) is 19.4. The van der Waals surface area contributed by atoms with Crippen molar-refractivity contribution in [3.8, 4) is 5.69 Å². The van der Waals surface area contributed by atoms with E-state index in [1.54, 1.807) is 15.7 Å². The summed E-state index contributed by atoms with van der Waals surface area (Å²) in [5, 5.41) is 0. The number of carbonyl (C=O) groups is 1. The van der Waals surface area contributed by atoms with Crippen LogP contribution >= 0.6 is 11.3 Å². The van der Waals surface area contributed by atoms with Gasteiger partial charge >= 0.3 is 12.2 Å². The summed E-state index contributed by atoms with van der Waals surface area (Å²) in [6.07, 6.45) is -2.63. The summed E-state index contributed by atoms with van der Waals surface area (Å²) in [6, 6.07) is 4.40. The molecule has 1 aliphatic heterocycles. The third-order valence-corrected chi connectivity index (χ3v) is 4.61. The average Bonchev–Trinajstić information content (AvgIpc) is 2.95. The zero-order valence-corrected chi connectivity index (χ0v) is 14.2. The molecule has 1 aromatic heterocycles. The topological polar surface area (TPSA) is 46.8 Å². The molecule has 9 heteroatoms. The first-order valence-corrected chi connectivity index (χ1v) is 8.44. The van der Waals surface area contributed by atoms with E-state index in [2.05, 4.69) is 4.99 Å². The van der Waals surface area contributed by atoms with Gasteiger partial charge in [-0.15, -0.1) is 11.3 Å². The Morgan fingerprint density at radius 2 is 1.84 bits per heavy atom. The van der Waals surface area contributed by atoms with Crippen LogP contribution < -0.4 is 4.80 Å². The first-order chi connectivity index (χ1) is 11.8. The van der Waals surface area contributed by atoms with E-state index in [9.17, 15) is 18.0 Å². The van der Waals surface area contributed by atoms with Gasteiger partial charge in [-0.05, 0) is 31.2 Å². The molecule has 3 rings (SSSR count). The molecule has 0 aliphatic carbocycles. The number of nitrogens with zero attached hydrogens (tertiary/aromatic N) is 3. The first kappa shape index (κ1) is 17.7. The molecule has 5 nitrogen and oxygen atoms in total. The van der Waals surface area contributed by atoms with Crippen molar-refractivity contribution >= 4 is 17.4 Å². The van der Waals surface area contributed by atoms with Crippen molar-refractivity contribution in [1.82, 2.24) is 9.47 Å². The molecule has 25 heavy (non-hydrogen) atoms. The molecule has 0 atom stereocenters. The van der Waals surface area contributed by atoms with Crippen LogP contribution in [-0.4, -0.2) is 41.8 Å². The van der Waals surface area contributed by atoms with Crippen LogP contribution in [0.3, 0.4) is 0 Å². The number of hydrogen-bond acceptors (Lipinski definition) is 3. The third kappa shape index (κ3) is 4.10. The summed E-state index contributed by atoms with van der Waals surface area (Å²) in [6.45, 7) is 3.76. The largest absolute Gasteiger partial charge is 0.416 e. The maximum atomic E-state index is 12.7. The van der Waals surface area contributed by atoms with Gasteiger partial charge in [0.15, 0.2) is 4.80 Å². The molecule has 1 saturated heterocycles. The van der Waals surface area contributed by atoms with Crippen molar-refractivity contribution in [3.63, 3.8) is 0 Å². The SMILES string of the molecule is Cc1cn(-c2ccc(C(F)(F)F)cc2)c(=NC(=O)N2CCOCC2)s1. The van der Waals surface area contributed by atoms with E-state index < -0.39 is 11.7 Å². The number of aromatic nitrogens is 1. The minimum absolute atomic E-state index is 0.370. The minimum Gasteiger partial charge on any atom is -0.378 e. The molecule has 1 fully saturated rings. The zero-order chi connectivity index (χ0) is 18.0. The Balaban J connectivity index is 1.93. The maximum Gasteiger partial charge on any atom is 0.416 e. The lowest BCUT2D eigenvalue weighted by molar-refractivity contribution is -0.137. The van der Waals surface area contributed by atoms with E-state index in [0.717, 1.165) is 17.0 Å². The molecular formula is C16H16F3N3O2S. The Hall–Kier alpha value is -2.13. The highest BCUT2D eigenvalue weighted by molar-refractivity contribution is 7.09. The number of amides is 2. The average molecular weight is 371 g/mol. The monoisotopic (exact) mass is 371 g/mol. The predicted octanol–water partition coefficient (Wildman–Crippen LogP) is 3.22. The molecular weight excluding hydrogens is 355 g/mol. The Bertz CT molecular complexity index is 818. The molecule has 2 aromatic rings. The van der Waals surface area contributed by atoms with Crippen molar-refractivity contribution in [2.24, 2.45) is 4.99 Å². The van der Waals surface area contributed by atoms with Crippen molar-refractivity contribution in [2.75, 3.05) is 26.3 Å². The van der Waals surface area contributed by atoms with E-state index in [0.29, 0.717) is 36.8 Å². The van der Waals surface area contributed by atoms with Crippen LogP contribution in [0, 0.1) is 6.92 Å². The lowest BCUT2D eigenvalue weighted by atomic mass is 10.2. The Morgan fingerprint density at radius 3 is 2.44 bits per heavy atom. The molecule has 0 bridgehead atoms. The minimum atomic E-state index is -4.38. The number of benzene rings is 1. The zero-order valence-electron chi connectivity index (χ0n) is 13.4. The summed E-state index contributed by atoms with van der Waals surface area (Å²) < 4.78 is 44.9. The number of ether oxygens (including phenoxy) is 1. The molecule has 1 aliphatic rings.